The van der Waals surface area contributed by atoms with Gasteiger partial charge >= 0.3 is 0 Å². The molecule has 1 aromatic heterocycles. The Balaban J connectivity index is 1.32. The molecule has 10 heteroatoms. The number of piperidine rings is 1. The lowest BCUT2D eigenvalue weighted by molar-refractivity contribution is -0.121. The van der Waals surface area contributed by atoms with Crippen LogP contribution in [0.5, 0.6) is 11.5 Å². The minimum atomic E-state index is -0.0942. The minimum absolute atomic E-state index is 0.0290. The van der Waals surface area contributed by atoms with E-state index >= 15 is 0 Å². The third-order valence-corrected chi connectivity index (χ3v) is 6.17. The van der Waals surface area contributed by atoms with Gasteiger partial charge in [0, 0.05) is 22.6 Å². The lowest BCUT2D eigenvalue weighted by Crippen LogP contribution is -2.37. The number of likely N-dealkylation sites (tertiary alicyclic amines) is 1. The second-order valence-electron chi connectivity index (χ2n) is 7.74. The number of aromatic nitrogens is 2. The van der Waals surface area contributed by atoms with E-state index in [-0.39, 0.29) is 11.8 Å². The molecule has 2 aromatic carbocycles. The largest absolute Gasteiger partial charge is 0.497 e. The van der Waals surface area contributed by atoms with Crippen molar-refractivity contribution in [3.05, 3.63) is 52.3 Å². The lowest BCUT2D eigenvalue weighted by atomic mass is 9.95. The monoisotopic (exact) mass is 490 g/mol. The predicted molar refractivity (Wildman–Crippen MR) is 126 cm³/mol. The Morgan fingerprint density at radius 1 is 1.15 bits per heavy atom. The van der Waals surface area contributed by atoms with Gasteiger partial charge in [0.05, 0.1) is 31.5 Å². The Morgan fingerprint density at radius 3 is 2.64 bits per heavy atom. The molecular formula is C23H24Cl2N4O4. The van der Waals surface area contributed by atoms with Gasteiger partial charge in [0.15, 0.2) is 0 Å². The van der Waals surface area contributed by atoms with Crippen LogP contribution in [0.1, 0.15) is 18.7 Å². The molecule has 1 amide bonds. The first-order chi connectivity index (χ1) is 16.0. The number of halogens is 2. The van der Waals surface area contributed by atoms with E-state index in [4.69, 9.17) is 37.2 Å². The number of anilines is 1. The number of carbonyl (C=O) groups is 1. The van der Waals surface area contributed by atoms with Crippen LogP contribution in [0.3, 0.4) is 0 Å². The SMILES string of the molecule is COc1ccc(OC)c(NC(=O)C2CCN(Cc3nc(-c4ccc(Cl)cc4Cl)no3)CC2)c1. The van der Waals surface area contributed by atoms with Crippen LogP contribution in [-0.2, 0) is 11.3 Å². The summed E-state index contributed by atoms with van der Waals surface area (Å²) in [7, 11) is 3.15. The van der Waals surface area contributed by atoms with Gasteiger partial charge in [0.2, 0.25) is 17.6 Å². The average molecular weight is 491 g/mol. The third kappa shape index (κ3) is 5.58. The van der Waals surface area contributed by atoms with Crippen molar-refractivity contribution in [1.29, 1.82) is 0 Å². The topological polar surface area (TPSA) is 89.7 Å². The summed E-state index contributed by atoms with van der Waals surface area (Å²) in [6.45, 7) is 2.00. The molecule has 0 radical (unpaired) electrons. The van der Waals surface area contributed by atoms with Gasteiger partial charge in [-0.2, -0.15) is 4.98 Å². The van der Waals surface area contributed by atoms with Crippen molar-refractivity contribution in [2.24, 2.45) is 5.92 Å². The van der Waals surface area contributed by atoms with Crippen molar-refractivity contribution in [1.82, 2.24) is 15.0 Å². The van der Waals surface area contributed by atoms with Gasteiger partial charge in [-0.3, -0.25) is 9.69 Å². The summed E-state index contributed by atoms with van der Waals surface area (Å²) in [5.41, 5.74) is 1.27. The van der Waals surface area contributed by atoms with Crippen molar-refractivity contribution in [3.8, 4) is 22.9 Å². The number of hydrogen-bond acceptors (Lipinski definition) is 7. The zero-order chi connectivity index (χ0) is 23.4. The molecule has 0 bridgehead atoms. The van der Waals surface area contributed by atoms with Crippen LogP contribution in [0.4, 0.5) is 5.69 Å². The quantitative estimate of drug-likeness (QED) is 0.502. The number of methoxy groups -OCH3 is 2. The second-order valence-corrected chi connectivity index (χ2v) is 8.59. The van der Waals surface area contributed by atoms with Gasteiger partial charge in [-0.1, -0.05) is 28.4 Å². The van der Waals surface area contributed by atoms with Gasteiger partial charge in [0.25, 0.3) is 0 Å². The molecular weight excluding hydrogens is 467 g/mol. The van der Waals surface area contributed by atoms with E-state index < -0.39 is 0 Å². The molecule has 0 aliphatic carbocycles. The molecule has 174 valence electrons. The summed E-state index contributed by atoms with van der Waals surface area (Å²) in [5, 5.41) is 8.02. The highest BCUT2D eigenvalue weighted by Gasteiger charge is 2.27. The van der Waals surface area contributed by atoms with Gasteiger partial charge < -0.3 is 19.3 Å². The van der Waals surface area contributed by atoms with Crippen molar-refractivity contribution < 1.29 is 18.8 Å². The maximum absolute atomic E-state index is 12.8. The third-order valence-electron chi connectivity index (χ3n) is 5.62. The van der Waals surface area contributed by atoms with Crippen LogP contribution < -0.4 is 14.8 Å². The summed E-state index contributed by atoms with van der Waals surface area (Å²) in [6.07, 6.45) is 1.45. The molecule has 0 atom stereocenters. The summed E-state index contributed by atoms with van der Waals surface area (Å²) >= 11 is 12.2. The van der Waals surface area contributed by atoms with Gasteiger partial charge in [-0.05, 0) is 56.3 Å². The molecule has 0 spiro atoms. The fourth-order valence-electron chi connectivity index (χ4n) is 3.79. The molecule has 3 aromatic rings. The number of nitrogens with zero attached hydrogens (tertiary/aromatic N) is 3. The highest BCUT2D eigenvalue weighted by molar-refractivity contribution is 6.36. The van der Waals surface area contributed by atoms with Crippen LogP contribution in [-0.4, -0.2) is 48.3 Å². The molecule has 1 aliphatic rings. The maximum atomic E-state index is 12.8. The predicted octanol–water partition coefficient (Wildman–Crippen LogP) is 4.91. The Hall–Kier alpha value is -2.81. The molecule has 0 unspecified atom stereocenters. The first kappa shape index (κ1) is 23.4. The number of ether oxygens (including phenoxy) is 2. The Kier molecular flexibility index (Phi) is 7.37. The molecule has 1 fully saturated rings. The first-order valence-electron chi connectivity index (χ1n) is 10.5. The van der Waals surface area contributed by atoms with E-state index in [1.54, 1.807) is 50.6 Å². The molecule has 0 saturated carbocycles. The highest BCUT2D eigenvalue weighted by atomic mass is 35.5. The standard InChI is InChI=1S/C23H24Cl2N4O4/c1-31-16-4-6-20(32-2)19(12-16)26-23(30)14-7-9-29(10-8-14)13-21-27-22(28-33-21)17-5-3-15(24)11-18(17)25/h3-6,11-12,14H,7-10,13H2,1-2H3,(H,26,30). The van der Waals surface area contributed by atoms with E-state index in [1.807, 2.05) is 0 Å². The maximum Gasteiger partial charge on any atom is 0.241 e. The summed E-state index contributed by atoms with van der Waals surface area (Å²) in [4.78, 5) is 19.5. The van der Waals surface area contributed by atoms with Crippen molar-refractivity contribution in [2.45, 2.75) is 19.4 Å². The summed E-state index contributed by atoms with van der Waals surface area (Å²) < 4.78 is 16.0. The van der Waals surface area contributed by atoms with Crippen LogP contribution >= 0.6 is 23.2 Å². The zero-order valence-corrected chi connectivity index (χ0v) is 19.8. The van der Waals surface area contributed by atoms with Crippen molar-refractivity contribution in [3.63, 3.8) is 0 Å². The van der Waals surface area contributed by atoms with Crippen molar-refractivity contribution >= 4 is 34.8 Å². The zero-order valence-electron chi connectivity index (χ0n) is 18.3. The van der Waals surface area contributed by atoms with E-state index in [2.05, 4.69) is 20.4 Å². The Morgan fingerprint density at radius 2 is 1.94 bits per heavy atom. The number of benzene rings is 2. The fraction of sp³-hybridized carbons (Fsp3) is 0.348. The molecule has 2 heterocycles. The summed E-state index contributed by atoms with van der Waals surface area (Å²) in [5.74, 6) is 2.05. The highest BCUT2D eigenvalue weighted by Crippen LogP contribution is 2.31. The van der Waals surface area contributed by atoms with Crippen LogP contribution in [0.2, 0.25) is 10.0 Å². The van der Waals surface area contributed by atoms with E-state index in [9.17, 15) is 4.79 Å². The van der Waals surface area contributed by atoms with Gasteiger partial charge in [-0.25, -0.2) is 0 Å². The molecule has 4 rings (SSSR count). The number of rotatable bonds is 7. The second kappa shape index (κ2) is 10.4. The normalized spacial score (nSPS) is 14.8. The van der Waals surface area contributed by atoms with Gasteiger partial charge in [-0.15, -0.1) is 0 Å². The van der Waals surface area contributed by atoms with E-state index in [1.165, 1.54) is 0 Å². The number of carbonyl (C=O) groups excluding carboxylic acids is 1. The first-order valence-corrected chi connectivity index (χ1v) is 11.3. The Bertz CT molecular complexity index is 1130. The van der Waals surface area contributed by atoms with Crippen LogP contribution in [0.15, 0.2) is 40.9 Å². The average Bonchev–Trinajstić information content (AvgIpc) is 3.27. The van der Waals surface area contributed by atoms with Crippen LogP contribution in [0, 0.1) is 5.92 Å². The molecule has 1 N–H and O–H groups in total. The molecule has 33 heavy (non-hydrogen) atoms. The smallest absolute Gasteiger partial charge is 0.241 e. The number of hydrogen-bond donors (Lipinski definition) is 1. The van der Waals surface area contributed by atoms with E-state index in [0.717, 1.165) is 25.9 Å². The molecule has 8 nitrogen and oxygen atoms in total. The van der Waals surface area contributed by atoms with Crippen LogP contribution in [0.25, 0.3) is 11.4 Å². The lowest BCUT2D eigenvalue weighted by Gasteiger charge is -2.30. The fourth-order valence-corrected chi connectivity index (χ4v) is 4.28. The molecule has 1 aliphatic heterocycles. The minimum Gasteiger partial charge on any atom is -0.497 e. The van der Waals surface area contributed by atoms with E-state index in [0.29, 0.717) is 51.1 Å². The van der Waals surface area contributed by atoms with Gasteiger partial charge in [0.1, 0.15) is 11.5 Å². The Labute approximate surface area is 201 Å². The molecule has 1 saturated heterocycles. The van der Waals surface area contributed by atoms with Crippen molar-refractivity contribution in [2.75, 3.05) is 32.6 Å². The number of nitrogens with one attached hydrogen (secondary N) is 1. The summed E-state index contributed by atoms with van der Waals surface area (Å²) in [6, 6.07) is 10.5. The number of amides is 1.